The van der Waals surface area contributed by atoms with Crippen molar-refractivity contribution >= 4 is 35.0 Å². The second kappa shape index (κ2) is 7.92. The van der Waals surface area contributed by atoms with Crippen LogP contribution < -0.4 is 10.6 Å². The van der Waals surface area contributed by atoms with E-state index in [0.29, 0.717) is 11.4 Å². The van der Waals surface area contributed by atoms with Crippen LogP contribution in [-0.2, 0) is 9.59 Å². The van der Waals surface area contributed by atoms with Crippen molar-refractivity contribution in [3.05, 3.63) is 54.1 Å². The van der Waals surface area contributed by atoms with Crippen LogP contribution >= 0.6 is 11.8 Å². The molecule has 0 radical (unpaired) electrons. The molecule has 1 atom stereocenters. The zero-order chi connectivity index (χ0) is 17.7. The summed E-state index contributed by atoms with van der Waals surface area (Å²) in [7, 11) is 0. The first-order valence-corrected chi connectivity index (χ1v) is 8.03. The molecule has 4 nitrogen and oxygen atoms in total. The number of hydrogen-bond donors (Lipinski definition) is 2. The van der Waals surface area contributed by atoms with Crippen molar-refractivity contribution in [2.75, 3.05) is 10.6 Å². The third-order valence-corrected chi connectivity index (χ3v) is 4.17. The molecule has 24 heavy (non-hydrogen) atoms. The highest BCUT2D eigenvalue weighted by atomic mass is 32.2. The normalized spacial score (nSPS) is 11.7. The lowest BCUT2D eigenvalue weighted by atomic mass is 10.2. The van der Waals surface area contributed by atoms with Crippen LogP contribution in [0.4, 0.5) is 20.2 Å². The van der Waals surface area contributed by atoms with Crippen LogP contribution in [0.1, 0.15) is 13.8 Å². The molecule has 0 saturated heterocycles. The maximum absolute atomic E-state index is 13.6. The van der Waals surface area contributed by atoms with E-state index in [2.05, 4.69) is 10.6 Å². The highest BCUT2D eigenvalue weighted by molar-refractivity contribution is 8.00. The van der Waals surface area contributed by atoms with Gasteiger partial charge in [-0.05, 0) is 49.4 Å². The number of carbonyl (C=O) groups is 2. The Kier molecular flexibility index (Phi) is 5.92. The number of rotatable bonds is 5. The first kappa shape index (κ1) is 17.9. The van der Waals surface area contributed by atoms with Gasteiger partial charge in [0.05, 0.1) is 5.25 Å². The predicted octanol–water partition coefficient (Wildman–Crippen LogP) is 4.04. The lowest BCUT2D eigenvalue weighted by Gasteiger charge is -2.13. The van der Waals surface area contributed by atoms with Gasteiger partial charge in [-0.2, -0.15) is 0 Å². The lowest BCUT2D eigenvalue weighted by Crippen LogP contribution is -2.22. The van der Waals surface area contributed by atoms with E-state index in [1.54, 1.807) is 31.2 Å². The average Bonchev–Trinajstić information content (AvgIpc) is 2.52. The van der Waals surface area contributed by atoms with Gasteiger partial charge in [0, 0.05) is 23.2 Å². The van der Waals surface area contributed by atoms with E-state index >= 15 is 0 Å². The van der Waals surface area contributed by atoms with Crippen molar-refractivity contribution in [2.24, 2.45) is 0 Å². The van der Waals surface area contributed by atoms with Gasteiger partial charge in [-0.15, -0.1) is 11.8 Å². The van der Waals surface area contributed by atoms with Crippen LogP contribution in [0.2, 0.25) is 0 Å². The first-order chi connectivity index (χ1) is 11.3. The molecule has 0 fully saturated rings. The summed E-state index contributed by atoms with van der Waals surface area (Å²) in [5.41, 5.74) is 1.16. The molecular weight excluding hydrogens is 334 g/mol. The summed E-state index contributed by atoms with van der Waals surface area (Å²) in [6.07, 6.45) is 0. The second-order valence-electron chi connectivity index (χ2n) is 5.08. The maximum Gasteiger partial charge on any atom is 0.237 e. The van der Waals surface area contributed by atoms with E-state index in [9.17, 15) is 18.4 Å². The van der Waals surface area contributed by atoms with E-state index in [0.717, 1.165) is 30.0 Å². The Bertz CT molecular complexity index is 751. The SMILES string of the molecule is CC(=O)Nc1ccc(NC(=O)[C@H](C)Sc2cc(F)ccc2F)cc1. The van der Waals surface area contributed by atoms with Crippen LogP contribution in [-0.4, -0.2) is 17.1 Å². The lowest BCUT2D eigenvalue weighted by molar-refractivity contribution is -0.115. The molecule has 0 aliphatic carbocycles. The Morgan fingerprint density at radius 3 is 2.17 bits per heavy atom. The summed E-state index contributed by atoms with van der Waals surface area (Å²) in [6, 6.07) is 9.71. The molecule has 2 rings (SSSR count). The molecule has 2 aromatic carbocycles. The Labute approximate surface area is 142 Å². The molecule has 0 unspecified atom stereocenters. The van der Waals surface area contributed by atoms with Gasteiger partial charge in [0.15, 0.2) is 0 Å². The van der Waals surface area contributed by atoms with Crippen molar-refractivity contribution in [3.63, 3.8) is 0 Å². The van der Waals surface area contributed by atoms with Gasteiger partial charge in [0.1, 0.15) is 11.6 Å². The highest BCUT2D eigenvalue weighted by Gasteiger charge is 2.17. The quantitative estimate of drug-likeness (QED) is 0.800. The Balaban J connectivity index is 1.98. The fraction of sp³-hybridized carbons (Fsp3) is 0.176. The largest absolute Gasteiger partial charge is 0.326 e. The number of hydrogen-bond acceptors (Lipinski definition) is 3. The molecule has 2 N–H and O–H groups in total. The molecule has 0 bridgehead atoms. The molecule has 7 heteroatoms. The topological polar surface area (TPSA) is 58.2 Å². The summed E-state index contributed by atoms with van der Waals surface area (Å²) in [4.78, 5) is 23.2. The summed E-state index contributed by atoms with van der Waals surface area (Å²) in [6.45, 7) is 3.01. The van der Waals surface area contributed by atoms with E-state index in [1.165, 1.54) is 6.92 Å². The van der Waals surface area contributed by atoms with Crippen LogP contribution in [0.5, 0.6) is 0 Å². The van der Waals surface area contributed by atoms with Crippen LogP contribution in [0.15, 0.2) is 47.4 Å². The molecule has 0 heterocycles. The van der Waals surface area contributed by atoms with Gasteiger partial charge in [-0.3, -0.25) is 9.59 Å². The van der Waals surface area contributed by atoms with Gasteiger partial charge in [-0.1, -0.05) is 0 Å². The average molecular weight is 350 g/mol. The van der Waals surface area contributed by atoms with E-state index in [1.807, 2.05) is 0 Å². The van der Waals surface area contributed by atoms with E-state index < -0.39 is 16.9 Å². The number of anilines is 2. The number of amides is 2. The summed E-state index contributed by atoms with van der Waals surface area (Å²) in [5, 5.41) is 4.69. The minimum absolute atomic E-state index is 0.0821. The first-order valence-electron chi connectivity index (χ1n) is 7.15. The Morgan fingerprint density at radius 2 is 1.58 bits per heavy atom. The van der Waals surface area contributed by atoms with Gasteiger partial charge in [0.25, 0.3) is 0 Å². The van der Waals surface area contributed by atoms with Crippen molar-refractivity contribution in [2.45, 2.75) is 24.0 Å². The molecule has 2 amide bonds. The molecule has 0 aliphatic heterocycles. The number of carbonyl (C=O) groups excluding carboxylic acids is 2. The maximum atomic E-state index is 13.6. The van der Waals surface area contributed by atoms with Crippen molar-refractivity contribution in [1.29, 1.82) is 0 Å². The minimum Gasteiger partial charge on any atom is -0.326 e. The van der Waals surface area contributed by atoms with E-state index in [-0.39, 0.29) is 16.7 Å². The highest BCUT2D eigenvalue weighted by Crippen LogP contribution is 2.27. The minimum atomic E-state index is -0.615. The second-order valence-corrected chi connectivity index (χ2v) is 6.47. The van der Waals surface area contributed by atoms with Crippen LogP contribution in [0.3, 0.4) is 0 Å². The fourth-order valence-electron chi connectivity index (χ4n) is 1.90. The summed E-state index contributed by atoms with van der Waals surface area (Å²) < 4.78 is 26.8. The van der Waals surface area contributed by atoms with Crippen LogP contribution in [0.25, 0.3) is 0 Å². The standard InChI is InChI=1S/C17H16F2N2O2S/c1-10(24-16-9-12(18)3-8-15(16)19)17(23)21-14-6-4-13(5-7-14)20-11(2)22/h3-10H,1-2H3,(H,20,22)(H,21,23)/t10-/m0/s1. The van der Waals surface area contributed by atoms with Gasteiger partial charge in [-0.25, -0.2) is 8.78 Å². The molecular formula is C17H16F2N2O2S. The Morgan fingerprint density at radius 1 is 1.00 bits per heavy atom. The number of halogens is 2. The van der Waals surface area contributed by atoms with Gasteiger partial charge < -0.3 is 10.6 Å². The van der Waals surface area contributed by atoms with Gasteiger partial charge >= 0.3 is 0 Å². The molecule has 0 aromatic heterocycles. The number of benzene rings is 2. The summed E-state index contributed by atoms with van der Waals surface area (Å²) in [5.74, 6) is -1.65. The van der Waals surface area contributed by atoms with Crippen molar-refractivity contribution in [3.8, 4) is 0 Å². The zero-order valence-electron chi connectivity index (χ0n) is 13.1. The van der Waals surface area contributed by atoms with E-state index in [4.69, 9.17) is 0 Å². The third kappa shape index (κ3) is 5.06. The van der Waals surface area contributed by atoms with Crippen molar-refractivity contribution in [1.82, 2.24) is 0 Å². The predicted molar refractivity (Wildman–Crippen MR) is 91.1 cm³/mol. The molecule has 0 spiro atoms. The number of nitrogens with one attached hydrogen (secondary N) is 2. The summed E-state index contributed by atoms with van der Waals surface area (Å²) >= 11 is 0.939. The molecule has 0 saturated carbocycles. The Hall–Kier alpha value is -2.41. The fourth-order valence-corrected chi connectivity index (χ4v) is 2.80. The van der Waals surface area contributed by atoms with Gasteiger partial charge in [0.2, 0.25) is 11.8 Å². The monoisotopic (exact) mass is 350 g/mol. The third-order valence-electron chi connectivity index (χ3n) is 3.04. The molecule has 2 aromatic rings. The smallest absolute Gasteiger partial charge is 0.237 e. The molecule has 126 valence electrons. The molecule has 0 aliphatic rings. The van der Waals surface area contributed by atoms with Crippen LogP contribution in [0, 0.1) is 11.6 Å². The van der Waals surface area contributed by atoms with Crippen molar-refractivity contribution < 1.29 is 18.4 Å². The zero-order valence-corrected chi connectivity index (χ0v) is 13.9. The number of thioether (sulfide) groups is 1.